The van der Waals surface area contributed by atoms with Crippen molar-refractivity contribution in [3.8, 4) is 0 Å². The molecule has 0 unspecified atom stereocenters. The molecular weight excluding hydrogens is 1050 g/mol. The standard InChI is InChI=1S/2C7H8.C5H11N.2C5H5N.C4H4S.23C2H6.CH3B/c2*1-7-5-3-2-4-6-7;3*1-2-4-6-5-3-1;1-2-4-5-3-1;24*1-2/h2*2-6H,1H3;6H,1-5H2;2*1-5H;1-4H;23*1-2H3;1H3. The molecule has 0 amide bonds. The van der Waals surface area contributed by atoms with Gasteiger partial charge in [0.1, 0.15) is 0 Å². The van der Waals surface area contributed by atoms with Crippen LogP contribution in [0.15, 0.2) is 145 Å². The van der Waals surface area contributed by atoms with Crippen molar-refractivity contribution in [2.45, 2.75) is 358 Å². The third kappa shape index (κ3) is 394. The predicted octanol–water partition coefficient (Wildman–Crippen LogP) is 32.5. The van der Waals surface area contributed by atoms with Crippen molar-refractivity contribution in [1.29, 1.82) is 0 Å². The van der Waals surface area contributed by atoms with E-state index in [1.165, 1.54) is 50.3 Å². The SMILES string of the molecule is C1CCNCC1.CC.CC.CC.CC.CC.CC.CC.CC.CC.CC.CC.CC.CC.CC.CC.CC.CC.CC.CC.CC.CC.CC.CC.Cc1ccccc1.Cc1ccccc1.[B]C.c1ccncc1.c1ccncc1.c1ccsc1. The molecule has 0 aliphatic carbocycles. The monoisotopic (exact) mass is 1230 g/mol. The predicted molar refractivity (Wildman–Crippen MR) is 434 cm³/mol. The van der Waals surface area contributed by atoms with Crippen LogP contribution in [-0.2, 0) is 0 Å². The molecule has 4 heterocycles. The van der Waals surface area contributed by atoms with Crippen LogP contribution >= 0.6 is 11.3 Å². The quantitative estimate of drug-likeness (QED) is 0.157. The number of piperidine rings is 1. The minimum atomic E-state index is 1.25. The second kappa shape index (κ2) is 404. The Balaban J connectivity index is -0.0000000210. The van der Waals surface area contributed by atoms with Crippen LogP contribution in [0.4, 0.5) is 0 Å². The zero-order valence-corrected chi connectivity index (χ0v) is 70.6. The molecule has 0 spiro atoms. The fraction of sp³-hybridized carbons (Fsp3) is 0.675. The summed E-state index contributed by atoms with van der Waals surface area (Å²) < 4.78 is 0. The molecule has 0 saturated carbocycles. The Morgan fingerprint density at radius 3 is 0.471 bits per heavy atom. The smallest absolute Gasteiger partial charge is 0.0606 e. The van der Waals surface area contributed by atoms with Crippen molar-refractivity contribution < 1.29 is 0 Å². The van der Waals surface area contributed by atoms with E-state index in [-0.39, 0.29) is 0 Å². The van der Waals surface area contributed by atoms with E-state index in [9.17, 15) is 0 Å². The summed E-state index contributed by atoms with van der Waals surface area (Å²) in [6.07, 6.45) is 11.2. The summed E-state index contributed by atoms with van der Waals surface area (Å²) >= 11 is 1.71. The average Bonchev–Trinajstić information content (AvgIpc) is 4.30. The van der Waals surface area contributed by atoms with Gasteiger partial charge in [-0.2, -0.15) is 11.3 Å². The Hall–Kier alpha value is -3.54. The van der Waals surface area contributed by atoms with Crippen LogP contribution < -0.4 is 5.32 Å². The van der Waals surface area contributed by atoms with E-state index in [1.807, 2.05) is 414 Å². The number of hydrogen-bond donors (Lipinski definition) is 1. The Bertz CT molecular complexity index is 884. The number of hydrogen-bond acceptors (Lipinski definition) is 4. The summed E-state index contributed by atoms with van der Waals surface area (Å²) in [5.74, 6) is 0. The van der Waals surface area contributed by atoms with Gasteiger partial charge in [-0.05, 0) is 74.8 Å². The van der Waals surface area contributed by atoms with Gasteiger partial charge in [-0.25, -0.2) is 0 Å². The van der Waals surface area contributed by atoms with Gasteiger partial charge in [0.15, 0.2) is 0 Å². The van der Waals surface area contributed by atoms with E-state index in [0.29, 0.717) is 0 Å². The highest BCUT2D eigenvalue weighted by molar-refractivity contribution is 7.07. The molecule has 0 bridgehead atoms. The molecule has 85 heavy (non-hydrogen) atoms. The van der Waals surface area contributed by atoms with Crippen molar-refractivity contribution >= 4 is 19.2 Å². The molecular formula is C80H182BN3S. The lowest BCUT2D eigenvalue weighted by Gasteiger charge is -2.08. The van der Waals surface area contributed by atoms with Crippen LogP contribution in [0.5, 0.6) is 0 Å². The van der Waals surface area contributed by atoms with E-state index in [2.05, 4.69) is 61.2 Å². The highest BCUT2D eigenvalue weighted by Gasteiger charge is 1.93. The maximum atomic E-state index is 4.50. The molecule has 526 valence electrons. The van der Waals surface area contributed by atoms with E-state index < -0.39 is 0 Å². The molecule has 2 radical (unpaired) electrons. The van der Waals surface area contributed by atoms with E-state index in [1.54, 1.807) is 36.1 Å². The summed E-state index contributed by atoms with van der Waals surface area (Å²) in [5.41, 5.74) is 2.64. The van der Waals surface area contributed by atoms with Crippen LogP contribution in [0.25, 0.3) is 0 Å². The Morgan fingerprint density at radius 2 is 0.412 bits per heavy atom. The first-order chi connectivity index (χ1) is 42.3. The van der Waals surface area contributed by atoms with E-state index in [0.717, 1.165) is 0 Å². The van der Waals surface area contributed by atoms with E-state index >= 15 is 0 Å². The van der Waals surface area contributed by atoms with Gasteiger partial charge >= 0.3 is 0 Å². The van der Waals surface area contributed by atoms with Crippen LogP contribution in [-0.4, -0.2) is 30.9 Å². The summed E-state index contributed by atoms with van der Waals surface area (Å²) in [7, 11) is 4.50. The summed E-state index contributed by atoms with van der Waals surface area (Å²) in [6.45, 7) is 100. The van der Waals surface area contributed by atoms with Gasteiger partial charge in [-0.3, -0.25) is 9.97 Å². The van der Waals surface area contributed by atoms with Crippen molar-refractivity contribution in [3.05, 3.63) is 156 Å². The number of rotatable bonds is 0. The second-order valence-electron chi connectivity index (χ2n) is 7.96. The van der Waals surface area contributed by atoms with E-state index in [4.69, 9.17) is 0 Å². The molecule has 1 aliphatic heterocycles. The van der Waals surface area contributed by atoms with Crippen LogP contribution in [0.2, 0.25) is 6.82 Å². The second-order valence-corrected chi connectivity index (χ2v) is 8.78. The molecule has 6 rings (SSSR count). The molecule has 0 atom stereocenters. The van der Waals surface area contributed by atoms with Crippen LogP contribution in [0.3, 0.4) is 0 Å². The maximum absolute atomic E-state index is 4.50. The minimum absolute atomic E-state index is 1.25. The molecule has 2 aromatic carbocycles. The number of thiophene rings is 1. The number of benzene rings is 2. The highest BCUT2D eigenvalue weighted by Crippen LogP contribution is 1.96. The highest BCUT2D eigenvalue weighted by atomic mass is 32.1. The summed E-state index contributed by atoms with van der Waals surface area (Å²) in [6, 6.07) is 36.0. The number of aromatic nitrogens is 2. The molecule has 1 saturated heterocycles. The molecule has 3 nitrogen and oxygen atoms in total. The van der Waals surface area contributed by atoms with Crippen molar-refractivity contribution in [2.24, 2.45) is 0 Å². The van der Waals surface area contributed by atoms with Crippen LogP contribution in [0, 0.1) is 13.8 Å². The molecule has 5 aromatic rings. The topological polar surface area (TPSA) is 37.8 Å². The van der Waals surface area contributed by atoms with Gasteiger partial charge in [0.25, 0.3) is 0 Å². The molecule has 1 aliphatic rings. The van der Waals surface area contributed by atoms with Crippen molar-refractivity contribution in [2.75, 3.05) is 13.1 Å². The Morgan fingerprint density at radius 1 is 0.247 bits per heavy atom. The lowest BCUT2D eigenvalue weighted by Crippen LogP contribution is -2.21. The zero-order chi connectivity index (χ0) is 74.5. The molecule has 1 N–H and O–H groups in total. The van der Waals surface area contributed by atoms with Crippen molar-refractivity contribution in [3.63, 3.8) is 0 Å². The Labute approximate surface area is 558 Å². The summed E-state index contributed by atoms with van der Waals surface area (Å²) in [5, 5.41) is 7.37. The lowest BCUT2D eigenvalue weighted by atomic mass is 10.2. The number of nitrogens with zero attached hydrogens (tertiary/aromatic N) is 2. The third-order valence-electron chi connectivity index (χ3n) is 4.65. The van der Waals surface area contributed by atoms with Gasteiger partial charge in [-0.15, -0.1) is 0 Å². The fourth-order valence-electron chi connectivity index (χ4n) is 2.72. The fourth-order valence-corrected chi connectivity index (χ4v) is 3.18. The van der Waals surface area contributed by atoms with Crippen molar-refractivity contribution in [1.82, 2.24) is 15.3 Å². The minimum Gasteiger partial charge on any atom is -0.317 e. The lowest BCUT2D eigenvalue weighted by molar-refractivity contribution is 0.520. The van der Waals surface area contributed by atoms with Crippen LogP contribution in [0.1, 0.15) is 349 Å². The first kappa shape index (κ1) is 160. The molecule has 1 fully saturated rings. The largest absolute Gasteiger partial charge is 0.317 e. The van der Waals surface area contributed by atoms with Gasteiger partial charge in [0.2, 0.25) is 0 Å². The average molecular weight is 1230 g/mol. The normalized spacial score (nSPS) is 6.41. The number of nitrogens with one attached hydrogen (secondary N) is 1. The first-order valence-electron chi connectivity index (χ1n) is 36.3. The third-order valence-corrected chi connectivity index (χ3v) is 5.27. The number of aryl methyl sites for hydroxylation is 2. The van der Waals surface area contributed by atoms with Gasteiger partial charge in [0.05, 0.1) is 7.85 Å². The zero-order valence-electron chi connectivity index (χ0n) is 69.8. The Kier molecular flexibility index (Phi) is 759. The van der Waals surface area contributed by atoms with Gasteiger partial charge in [-0.1, -0.05) is 428 Å². The molecule has 5 heteroatoms. The summed E-state index contributed by atoms with van der Waals surface area (Å²) in [4.78, 5) is 7.57. The molecule has 3 aromatic heterocycles. The number of pyridine rings is 2. The first-order valence-corrected chi connectivity index (χ1v) is 37.2. The van der Waals surface area contributed by atoms with Gasteiger partial charge in [0, 0.05) is 24.8 Å². The van der Waals surface area contributed by atoms with Gasteiger partial charge < -0.3 is 5.32 Å². The maximum Gasteiger partial charge on any atom is 0.0606 e.